The van der Waals surface area contributed by atoms with Crippen molar-refractivity contribution >= 4 is 17.6 Å². The molecule has 0 aliphatic carbocycles. The second kappa shape index (κ2) is 10.9. The van der Waals surface area contributed by atoms with Crippen LogP contribution >= 0.6 is 0 Å². The number of fused-ring (bicyclic) bond motifs is 1. The number of benzene rings is 2. The number of morpholine rings is 1. The predicted molar refractivity (Wildman–Crippen MR) is 133 cm³/mol. The summed E-state index contributed by atoms with van der Waals surface area (Å²) in [5.74, 6) is 1.57. The molecule has 0 aromatic heterocycles. The summed E-state index contributed by atoms with van der Waals surface area (Å²) >= 11 is 0. The SMILES string of the molecule is CC(C)(C)c1ccc(C(=O)NC(=NCCN2CCOCC2)Nc2ccc3c(c2)OCCO3)cc1. The molecule has 1 fully saturated rings. The third-order valence-electron chi connectivity index (χ3n) is 5.84. The van der Waals surface area contributed by atoms with E-state index in [1.165, 1.54) is 5.56 Å². The molecule has 182 valence electrons. The Hall–Kier alpha value is -3.10. The van der Waals surface area contributed by atoms with Gasteiger partial charge in [-0.3, -0.25) is 20.0 Å². The van der Waals surface area contributed by atoms with Crippen molar-refractivity contribution in [3.05, 3.63) is 53.6 Å². The molecular weight excluding hydrogens is 432 g/mol. The van der Waals surface area contributed by atoms with Crippen molar-refractivity contribution in [1.82, 2.24) is 10.2 Å². The molecule has 2 heterocycles. The van der Waals surface area contributed by atoms with Gasteiger partial charge in [-0.25, -0.2) is 0 Å². The normalized spacial score (nSPS) is 16.7. The Kier molecular flexibility index (Phi) is 7.70. The third kappa shape index (κ3) is 6.48. The van der Waals surface area contributed by atoms with Gasteiger partial charge in [0.05, 0.1) is 19.8 Å². The van der Waals surface area contributed by atoms with Crippen molar-refractivity contribution in [2.24, 2.45) is 4.99 Å². The van der Waals surface area contributed by atoms with Crippen molar-refractivity contribution in [2.75, 3.05) is 57.9 Å². The molecule has 2 aromatic rings. The number of hydrogen-bond donors (Lipinski definition) is 2. The molecule has 2 aliphatic heterocycles. The van der Waals surface area contributed by atoms with Crippen LogP contribution in [0.1, 0.15) is 36.7 Å². The Morgan fingerprint density at radius 2 is 1.68 bits per heavy atom. The molecule has 0 unspecified atom stereocenters. The van der Waals surface area contributed by atoms with Gasteiger partial charge in [0.2, 0.25) is 5.96 Å². The molecule has 1 amide bonds. The first-order valence-corrected chi connectivity index (χ1v) is 11.8. The lowest BCUT2D eigenvalue weighted by Gasteiger charge is -2.25. The highest BCUT2D eigenvalue weighted by molar-refractivity contribution is 6.10. The molecule has 8 nitrogen and oxygen atoms in total. The lowest BCUT2D eigenvalue weighted by Crippen LogP contribution is -2.39. The van der Waals surface area contributed by atoms with Crippen LogP contribution in [0.5, 0.6) is 11.5 Å². The zero-order valence-corrected chi connectivity index (χ0v) is 20.2. The Morgan fingerprint density at radius 1 is 0.971 bits per heavy atom. The smallest absolute Gasteiger partial charge is 0.257 e. The third-order valence-corrected chi connectivity index (χ3v) is 5.84. The molecule has 4 rings (SSSR count). The average molecular weight is 467 g/mol. The van der Waals surface area contributed by atoms with Gasteiger partial charge in [0.15, 0.2) is 11.5 Å². The first-order valence-electron chi connectivity index (χ1n) is 11.8. The van der Waals surface area contributed by atoms with E-state index in [-0.39, 0.29) is 11.3 Å². The highest BCUT2D eigenvalue weighted by Crippen LogP contribution is 2.32. The van der Waals surface area contributed by atoms with E-state index in [0.29, 0.717) is 42.8 Å². The molecule has 0 saturated carbocycles. The summed E-state index contributed by atoms with van der Waals surface area (Å²) in [5.41, 5.74) is 2.55. The topological polar surface area (TPSA) is 84.4 Å². The molecule has 34 heavy (non-hydrogen) atoms. The van der Waals surface area contributed by atoms with Crippen LogP contribution in [-0.4, -0.2) is 69.4 Å². The largest absolute Gasteiger partial charge is 0.486 e. The monoisotopic (exact) mass is 466 g/mol. The van der Waals surface area contributed by atoms with Gasteiger partial charge in [0.25, 0.3) is 5.91 Å². The Morgan fingerprint density at radius 3 is 2.38 bits per heavy atom. The standard InChI is InChI=1S/C26H34N4O4/c1-26(2,3)20-6-4-19(5-7-20)24(31)29-25(27-10-11-30-12-14-32-15-13-30)28-21-8-9-22-23(18-21)34-17-16-33-22/h4-9,18H,10-17H2,1-3H3,(H2,27,28,29,31). The Bertz CT molecular complexity index is 1010. The molecular formula is C26H34N4O4. The number of guanidine groups is 1. The lowest BCUT2D eigenvalue weighted by atomic mass is 9.87. The maximum Gasteiger partial charge on any atom is 0.257 e. The van der Waals surface area contributed by atoms with E-state index in [1.807, 2.05) is 42.5 Å². The Labute approximate surface area is 201 Å². The minimum Gasteiger partial charge on any atom is -0.486 e. The summed E-state index contributed by atoms with van der Waals surface area (Å²) in [6.45, 7) is 12.1. The van der Waals surface area contributed by atoms with E-state index < -0.39 is 0 Å². The number of carbonyl (C=O) groups excluding carboxylic acids is 1. The maximum atomic E-state index is 13.0. The second-order valence-corrected chi connectivity index (χ2v) is 9.45. The van der Waals surface area contributed by atoms with Gasteiger partial charge in [-0.15, -0.1) is 0 Å². The van der Waals surface area contributed by atoms with E-state index in [9.17, 15) is 4.79 Å². The zero-order chi connectivity index (χ0) is 24.0. The quantitative estimate of drug-likeness (QED) is 0.520. The van der Waals surface area contributed by atoms with E-state index >= 15 is 0 Å². The number of nitrogens with one attached hydrogen (secondary N) is 2. The van der Waals surface area contributed by atoms with Crippen molar-refractivity contribution < 1.29 is 19.0 Å². The summed E-state index contributed by atoms with van der Waals surface area (Å²) < 4.78 is 16.7. The van der Waals surface area contributed by atoms with Crippen LogP contribution in [0.15, 0.2) is 47.5 Å². The van der Waals surface area contributed by atoms with Crippen LogP contribution < -0.4 is 20.1 Å². The van der Waals surface area contributed by atoms with Crippen molar-refractivity contribution in [3.63, 3.8) is 0 Å². The van der Waals surface area contributed by atoms with E-state index in [0.717, 1.165) is 38.5 Å². The predicted octanol–water partition coefficient (Wildman–Crippen LogP) is 3.29. The van der Waals surface area contributed by atoms with Crippen LogP contribution in [0.25, 0.3) is 0 Å². The average Bonchev–Trinajstić information content (AvgIpc) is 2.84. The van der Waals surface area contributed by atoms with E-state index in [2.05, 4.69) is 41.3 Å². The summed E-state index contributed by atoms with van der Waals surface area (Å²) in [4.78, 5) is 20.0. The molecule has 0 radical (unpaired) electrons. The maximum absolute atomic E-state index is 13.0. The Balaban J connectivity index is 1.47. The fourth-order valence-electron chi connectivity index (χ4n) is 3.80. The molecule has 8 heteroatoms. The highest BCUT2D eigenvalue weighted by atomic mass is 16.6. The van der Waals surface area contributed by atoms with Gasteiger partial charge in [-0.05, 0) is 35.2 Å². The number of ether oxygens (including phenoxy) is 3. The van der Waals surface area contributed by atoms with Crippen molar-refractivity contribution in [3.8, 4) is 11.5 Å². The number of hydrogen-bond acceptors (Lipinski definition) is 6. The fourth-order valence-corrected chi connectivity index (χ4v) is 3.80. The summed E-state index contributed by atoms with van der Waals surface area (Å²) in [6, 6.07) is 13.3. The van der Waals surface area contributed by atoms with Crippen LogP contribution in [0.3, 0.4) is 0 Å². The first-order chi connectivity index (χ1) is 16.4. The molecule has 2 aromatic carbocycles. The van der Waals surface area contributed by atoms with Crippen LogP contribution in [-0.2, 0) is 10.2 Å². The molecule has 2 aliphatic rings. The van der Waals surface area contributed by atoms with Gasteiger partial charge in [0.1, 0.15) is 13.2 Å². The van der Waals surface area contributed by atoms with Crippen LogP contribution in [0.2, 0.25) is 0 Å². The lowest BCUT2D eigenvalue weighted by molar-refractivity contribution is 0.0394. The molecule has 1 saturated heterocycles. The number of nitrogens with zero attached hydrogens (tertiary/aromatic N) is 2. The van der Waals surface area contributed by atoms with E-state index in [1.54, 1.807) is 0 Å². The second-order valence-electron chi connectivity index (χ2n) is 9.45. The van der Waals surface area contributed by atoms with Gasteiger partial charge in [-0.1, -0.05) is 32.9 Å². The number of rotatable bonds is 5. The van der Waals surface area contributed by atoms with E-state index in [4.69, 9.17) is 14.2 Å². The summed E-state index contributed by atoms with van der Waals surface area (Å²) in [7, 11) is 0. The van der Waals surface area contributed by atoms with Crippen LogP contribution in [0, 0.1) is 0 Å². The molecule has 0 atom stereocenters. The minimum absolute atomic E-state index is 0.0287. The number of anilines is 1. The highest BCUT2D eigenvalue weighted by Gasteiger charge is 2.17. The van der Waals surface area contributed by atoms with Gasteiger partial charge < -0.3 is 19.5 Å². The number of amides is 1. The van der Waals surface area contributed by atoms with Gasteiger partial charge in [-0.2, -0.15) is 0 Å². The summed E-state index contributed by atoms with van der Waals surface area (Å²) in [6.07, 6.45) is 0. The number of aliphatic imine (C=N–C) groups is 1. The van der Waals surface area contributed by atoms with Gasteiger partial charge in [0, 0.05) is 37.0 Å². The molecule has 0 bridgehead atoms. The van der Waals surface area contributed by atoms with Crippen molar-refractivity contribution in [2.45, 2.75) is 26.2 Å². The fraction of sp³-hybridized carbons (Fsp3) is 0.462. The van der Waals surface area contributed by atoms with Crippen LogP contribution in [0.4, 0.5) is 5.69 Å². The molecule has 2 N–H and O–H groups in total. The van der Waals surface area contributed by atoms with Crippen molar-refractivity contribution in [1.29, 1.82) is 0 Å². The first kappa shape index (κ1) is 24.0. The molecule has 0 spiro atoms. The minimum atomic E-state index is -0.212. The zero-order valence-electron chi connectivity index (χ0n) is 20.2. The number of carbonyl (C=O) groups is 1. The van der Waals surface area contributed by atoms with Gasteiger partial charge >= 0.3 is 0 Å². The summed E-state index contributed by atoms with van der Waals surface area (Å²) in [5, 5.41) is 6.18.